The first kappa shape index (κ1) is 14.1. The van der Waals surface area contributed by atoms with Crippen molar-refractivity contribution >= 4 is 0 Å². The zero-order chi connectivity index (χ0) is 14.8. The van der Waals surface area contributed by atoms with E-state index in [1.165, 1.54) is 6.07 Å². The first-order valence-electron chi connectivity index (χ1n) is 7.42. The van der Waals surface area contributed by atoms with Gasteiger partial charge in [0.2, 0.25) is 0 Å². The van der Waals surface area contributed by atoms with E-state index in [1.807, 2.05) is 18.2 Å². The van der Waals surface area contributed by atoms with Crippen LogP contribution in [-0.2, 0) is 0 Å². The van der Waals surface area contributed by atoms with Crippen molar-refractivity contribution in [2.24, 2.45) is 0 Å². The Kier molecular flexibility index (Phi) is 3.93. The van der Waals surface area contributed by atoms with E-state index in [0.29, 0.717) is 17.7 Å². The van der Waals surface area contributed by atoms with E-state index in [9.17, 15) is 9.50 Å². The molecule has 1 aliphatic carbocycles. The van der Waals surface area contributed by atoms with E-state index in [2.05, 4.69) is 12.2 Å². The fourth-order valence-electron chi connectivity index (χ4n) is 3.03. The highest BCUT2D eigenvalue weighted by Gasteiger charge is 2.31. The zero-order valence-electron chi connectivity index (χ0n) is 12.1. The van der Waals surface area contributed by atoms with Crippen LogP contribution in [0.2, 0.25) is 0 Å². The molecule has 110 valence electrons. The lowest BCUT2D eigenvalue weighted by atomic mass is 9.75. The number of benzene rings is 2. The molecular weight excluding hydrogens is 265 g/mol. The Morgan fingerprint density at radius 1 is 1.14 bits per heavy atom. The van der Waals surface area contributed by atoms with Gasteiger partial charge in [0.15, 0.2) is 0 Å². The van der Waals surface area contributed by atoms with Crippen LogP contribution < -0.4 is 5.32 Å². The largest absolute Gasteiger partial charge is 0.508 e. The van der Waals surface area contributed by atoms with Crippen molar-refractivity contribution in [3.05, 3.63) is 65.5 Å². The van der Waals surface area contributed by atoms with Crippen molar-refractivity contribution < 1.29 is 9.50 Å². The zero-order valence-corrected chi connectivity index (χ0v) is 12.1. The van der Waals surface area contributed by atoms with Crippen molar-refractivity contribution in [3.8, 4) is 5.75 Å². The number of halogens is 1. The van der Waals surface area contributed by atoms with Crippen LogP contribution in [0.3, 0.4) is 0 Å². The van der Waals surface area contributed by atoms with Crippen LogP contribution in [0.4, 0.5) is 4.39 Å². The van der Waals surface area contributed by atoms with Crippen molar-refractivity contribution in [1.29, 1.82) is 0 Å². The first-order valence-corrected chi connectivity index (χ1v) is 7.42. The van der Waals surface area contributed by atoms with Crippen LogP contribution in [0, 0.1) is 5.82 Å². The molecule has 0 bridgehead atoms. The molecule has 0 aliphatic heterocycles. The Labute approximate surface area is 124 Å². The molecule has 0 saturated heterocycles. The number of rotatable bonds is 4. The summed E-state index contributed by atoms with van der Waals surface area (Å²) in [4.78, 5) is 0. The normalized spacial score (nSPS) is 22.6. The van der Waals surface area contributed by atoms with Gasteiger partial charge in [-0.1, -0.05) is 24.3 Å². The van der Waals surface area contributed by atoms with Gasteiger partial charge in [0.25, 0.3) is 0 Å². The molecular formula is C18H20FNO. The first-order chi connectivity index (χ1) is 10.1. The van der Waals surface area contributed by atoms with Gasteiger partial charge in [0.1, 0.15) is 11.6 Å². The molecule has 2 nitrogen and oxygen atoms in total. The average Bonchev–Trinajstić information content (AvgIpc) is 2.42. The van der Waals surface area contributed by atoms with Crippen molar-refractivity contribution in [2.75, 3.05) is 0 Å². The number of hydrogen-bond donors (Lipinski definition) is 2. The average molecular weight is 285 g/mol. The highest BCUT2D eigenvalue weighted by atomic mass is 19.1. The monoisotopic (exact) mass is 285 g/mol. The highest BCUT2D eigenvalue weighted by molar-refractivity contribution is 5.29. The summed E-state index contributed by atoms with van der Waals surface area (Å²) in [6.45, 7) is 2.10. The van der Waals surface area contributed by atoms with E-state index in [4.69, 9.17) is 0 Å². The Morgan fingerprint density at radius 2 is 1.90 bits per heavy atom. The third kappa shape index (κ3) is 3.24. The van der Waals surface area contributed by atoms with Gasteiger partial charge in [-0.15, -0.1) is 0 Å². The second-order valence-corrected chi connectivity index (χ2v) is 5.90. The number of aromatic hydroxyl groups is 1. The summed E-state index contributed by atoms with van der Waals surface area (Å²) >= 11 is 0. The Balaban J connectivity index is 1.55. The van der Waals surface area contributed by atoms with Gasteiger partial charge < -0.3 is 10.4 Å². The maximum Gasteiger partial charge on any atom is 0.123 e. The molecule has 1 aliphatic rings. The number of nitrogens with one attached hydrogen (secondary N) is 1. The molecule has 2 aromatic carbocycles. The molecule has 2 N–H and O–H groups in total. The third-order valence-electron chi connectivity index (χ3n) is 4.31. The lowest BCUT2D eigenvalue weighted by Crippen LogP contribution is -2.41. The smallest absolute Gasteiger partial charge is 0.123 e. The predicted octanol–water partition coefficient (Wildman–Crippen LogP) is 4.13. The summed E-state index contributed by atoms with van der Waals surface area (Å²) in [5, 5.41) is 13.1. The molecule has 1 fully saturated rings. The summed E-state index contributed by atoms with van der Waals surface area (Å²) < 4.78 is 13.2. The molecule has 1 saturated carbocycles. The van der Waals surface area contributed by atoms with Gasteiger partial charge in [-0.25, -0.2) is 4.39 Å². The van der Waals surface area contributed by atoms with E-state index >= 15 is 0 Å². The van der Waals surface area contributed by atoms with Gasteiger partial charge in [-0.3, -0.25) is 0 Å². The minimum Gasteiger partial charge on any atom is -0.508 e. The molecule has 2 aromatic rings. The number of hydrogen-bond acceptors (Lipinski definition) is 2. The van der Waals surface area contributed by atoms with E-state index in [-0.39, 0.29) is 11.9 Å². The van der Waals surface area contributed by atoms with Crippen LogP contribution >= 0.6 is 0 Å². The Morgan fingerprint density at radius 3 is 2.62 bits per heavy atom. The van der Waals surface area contributed by atoms with Crippen LogP contribution in [-0.4, -0.2) is 11.1 Å². The fourth-order valence-corrected chi connectivity index (χ4v) is 3.03. The highest BCUT2D eigenvalue weighted by Crippen LogP contribution is 2.38. The molecule has 3 rings (SSSR count). The van der Waals surface area contributed by atoms with Crippen LogP contribution in [0.15, 0.2) is 48.5 Å². The van der Waals surface area contributed by atoms with Crippen molar-refractivity contribution in [1.82, 2.24) is 5.32 Å². The molecule has 0 spiro atoms. The number of phenols is 1. The summed E-state index contributed by atoms with van der Waals surface area (Å²) in [5.41, 5.74) is 2.18. The van der Waals surface area contributed by atoms with Gasteiger partial charge in [-0.05, 0) is 61.1 Å². The Hall–Kier alpha value is -1.87. The standard InChI is InChI=1S/C18H20FNO/c1-12(13-4-3-7-18(21)11-13)20-17-9-15(10-17)14-5-2-6-16(19)8-14/h2-8,11-12,15,17,20-21H,9-10H2,1H3. The summed E-state index contributed by atoms with van der Waals surface area (Å²) in [7, 11) is 0. The molecule has 1 atom stereocenters. The van der Waals surface area contributed by atoms with Gasteiger partial charge in [0, 0.05) is 12.1 Å². The van der Waals surface area contributed by atoms with Crippen LogP contribution in [0.1, 0.15) is 42.9 Å². The summed E-state index contributed by atoms with van der Waals surface area (Å²) in [6.07, 6.45) is 2.07. The third-order valence-corrected chi connectivity index (χ3v) is 4.31. The van der Waals surface area contributed by atoms with Crippen molar-refractivity contribution in [2.45, 2.75) is 37.8 Å². The second-order valence-electron chi connectivity index (χ2n) is 5.90. The van der Waals surface area contributed by atoms with Crippen molar-refractivity contribution in [3.63, 3.8) is 0 Å². The summed E-state index contributed by atoms with van der Waals surface area (Å²) in [6, 6.07) is 14.9. The Bertz CT molecular complexity index is 622. The van der Waals surface area contributed by atoms with E-state index in [0.717, 1.165) is 24.0 Å². The maximum atomic E-state index is 13.2. The molecule has 0 radical (unpaired) electrons. The lowest BCUT2D eigenvalue weighted by molar-refractivity contribution is 0.270. The second kappa shape index (κ2) is 5.86. The number of phenolic OH excluding ortho intramolecular Hbond substituents is 1. The molecule has 21 heavy (non-hydrogen) atoms. The predicted molar refractivity (Wildman–Crippen MR) is 81.8 cm³/mol. The van der Waals surface area contributed by atoms with Gasteiger partial charge in [0.05, 0.1) is 0 Å². The van der Waals surface area contributed by atoms with E-state index in [1.54, 1.807) is 24.3 Å². The van der Waals surface area contributed by atoms with Crippen LogP contribution in [0.25, 0.3) is 0 Å². The summed E-state index contributed by atoms with van der Waals surface area (Å²) in [5.74, 6) is 0.596. The minimum atomic E-state index is -0.156. The lowest BCUT2D eigenvalue weighted by Gasteiger charge is -2.38. The SMILES string of the molecule is CC(NC1CC(c2cccc(F)c2)C1)c1cccc(O)c1. The quantitative estimate of drug-likeness (QED) is 0.885. The fraction of sp³-hybridized carbons (Fsp3) is 0.333. The molecule has 0 amide bonds. The minimum absolute atomic E-state index is 0.156. The topological polar surface area (TPSA) is 32.3 Å². The maximum absolute atomic E-state index is 13.2. The van der Waals surface area contributed by atoms with Gasteiger partial charge >= 0.3 is 0 Å². The molecule has 3 heteroatoms. The molecule has 1 unspecified atom stereocenters. The van der Waals surface area contributed by atoms with Crippen LogP contribution in [0.5, 0.6) is 5.75 Å². The van der Waals surface area contributed by atoms with Gasteiger partial charge in [-0.2, -0.15) is 0 Å². The van der Waals surface area contributed by atoms with E-state index < -0.39 is 0 Å². The molecule has 0 aromatic heterocycles. The molecule has 0 heterocycles.